The van der Waals surface area contributed by atoms with E-state index in [9.17, 15) is 0 Å². The zero-order valence-corrected chi connectivity index (χ0v) is 16.6. The van der Waals surface area contributed by atoms with Gasteiger partial charge in [-0.05, 0) is 80.8 Å². The summed E-state index contributed by atoms with van der Waals surface area (Å²) in [6, 6.07) is 17.6. The lowest BCUT2D eigenvalue weighted by molar-refractivity contribution is 0.266. The van der Waals surface area contributed by atoms with E-state index in [1.54, 1.807) is 7.11 Å². The second kappa shape index (κ2) is 11.0. The number of aryl methyl sites for hydroxylation is 2. The Balaban J connectivity index is 1.40. The molecule has 1 saturated heterocycles. The highest BCUT2D eigenvalue weighted by Crippen LogP contribution is 2.22. The molecule has 1 heterocycles. The molecule has 0 aliphatic carbocycles. The Morgan fingerprint density at radius 3 is 2.56 bits per heavy atom. The molecule has 0 radical (unpaired) electrons. The SMILES string of the molecule is COc1ccc(CCCCc2ccccc2OCCC2CCCCN2)cc1. The topological polar surface area (TPSA) is 30.5 Å². The highest BCUT2D eigenvalue weighted by molar-refractivity contribution is 5.33. The van der Waals surface area contributed by atoms with Crippen molar-refractivity contribution in [3.63, 3.8) is 0 Å². The predicted octanol–water partition coefficient (Wildman–Crippen LogP) is 5.17. The smallest absolute Gasteiger partial charge is 0.122 e. The van der Waals surface area contributed by atoms with Crippen LogP contribution in [0.4, 0.5) is 0 Å². The van der Waals surface area contributed by atoms with E-state index in [2.05, 4.69) is 41.7 Å². The van der Waals surface area contributed by atoms with Crippen LogP contribution in [0, 0.1) is 0 Å². The molecule has 27 heavy (non-hydrogen) atoms. The highest BCUT2D eigenvalue weighted by atomic mass is 16.5. The van der Waals surface area contributed by atoms with Crippen molar-refractivity contribution in [1.29, 1.82) is 0 Å². The molecule has 0 spiro atoms. The van der Waals surface area contributed by atoms with Crippen molar-refractivity contribution in [2.45, 2.75) is 57.4 Å². The molecule has 0 saturated carbocycles. The number of rotatable bonds is 10. The molecule has 1 aliphatic rings. The van der Waals surface area contributed by atoms with Crippen LogP contribution in [-0.2, 0) is 12.8 Å². The fourth-order valence-corrected chi connectivity index (χ4v) is 3.77. The van der Waals surface area contributed by atoms with Gasteiger partial charge in [0, 0.05) is 6.04 Å². The van der Waals surface area contributed by atoms with Crippen LogP contribution in [0.5, 0.6) is 11.5 Å². The van der Waals surface area contributed by atoms with Gasteiger partial charge in [0.2, 0.25) is 0 Å². The first kappa shape index (κ1) is 19.8. The summed E-state index contributed by atoms with van der Waals surface area (Å²) in [7, 11) is 1.71. The first-order valence-corrected chi connectivity index (χ1v) is 10.4. The number of ether oxygens (including phenoxy) is 2. The summed E-state index contributed by atoms with van der Waals surface area (Å²) in [5.41, 5.74) is 2.71. The third-order valence-corrected chi connectivity index (χ3v) is 5.43. The molecule has 1 N–H and O–H groups in total. The van der Waals surface area contributed by atoms with Crippen molar-refractivity contribution in [2.24, 2.45) is 0 Å². The van der Waals surface area contributed by atoms with E-state index in [-0.39, 0.29) is 0 Å². The molecule has 0 bridgehead atoms. The minimum Gasteiger partial charge on any atom is -0.497 e. The number of benzene rings is 2. The highest BCUT2D eigenvalue weighted by Gasteiger charge is 2.12. The van der Waals surface area contributed by atoms with Crippen molar-refractivity contribution < 1.29 is 9.47 Å². The van der Waals surface area contributed by atoms with Gasteiger partial charge >= 0.3 is 0 Å². The molecule has 1 atom stereocenters. The lowest BCUT2D eigenvalue weighted by Gasteiger charge is -2.23. The van der Waals surface area contributed by atoms with Gasteiger partial charge in [0.25, 0.3) is 0 Å². The van der Waals surface area contributed by atoms with Crippen molar-refractivity contribution in [3.8, 4) is 11.5 Å². The van der Waals surface area contributed by atoms with Crippen LogP contribution in [0.2, 0.25) is 0 Å². The molecule has 0 aromatic heterocycles. The van der Waals surface area contributed by atoms with E-state index < -0.39 is 0 Å². The van der Waals surface area contributed by atoms with Crippen molar-refractivity contribution in [3.05, 3.63) is 59.7 Å². The van der Waals surface area contributed by atoms with Gasteiger partial charge in [0.1, 0.15) is 11.5 Å². The Labute approximate surface area is 164 Å². The van der Waals surface area contributed by atoms with Crippen LogP contribution >= 0.6 is 0 Å². The molecule has 3 rings (SSSR count). The largest absolute Gasteiger partial charge is 0.497 e. The van der Waals surface area contributed by atoms with Gasteiger partial charge in [0.15, 0.2) is 0 Å². The third kappa shape index (κ3) is 6.59. The van der Waals surface area contributed by atoms with Gasteiger partial charge in [-0.15, -0.1) is 0 Å². The summed E-state index contributed by atoms with van der Waals surface area (Å²) in [5, 5.41) is 3.60. The third-order valence-electron chi connectivity index (χ3n) is 5.43. The Kier molecular flexibility index (Phi) is 8.03. The fourth-order valence-electron chi connectivity index (χ4n) is 3.77. The standard InChI is InChI=1S/C24H33NO2/c1-26-23-15-13-20(14-16-23)8-2-3-9-21-10-4-5-12-24(21)27-19-17-22-11-6-7-18-25-22/h4-5,10,12-16,22,25H,2-3,6-9,11,17-19H2,1H3. The van der Waals surface area contributed by atoms with E-state index in [1.165, 1.54) is 43.2 Å². The van der Waals surface area contributed by atoms with E-state index in [0.29, 0.717) is 6.04 Å². The number of nitrogens with one attached hydrogen (secondary N) is 1. The molecule has 3 heteroatoms. The van der Waals surface area contributed by atoms with Crippen molar-refractivity contribution in [2.75, 3.05) is 20.3 Å². The molecule has 2 aromatic rings. The number of unbranched alkanes of at least 4 members (excludes halogenated alkanes) is 1. The minimum atomic E-state index is 0.635. The Hall–Kier alpha value is -2.00. The summed E-state index contributed by atoms with van der Waals surface area (Å²) in [6.45, 7) is 1.97. The van der Waals surface area contributed by atoms with Gasteiger partial charge in [-0.25, -0.2) is 0 Å². The van der Waals surface area contributed by atoms with Crippen molar-refractivity contribution in [1.82, 2.24) is 5.32 Å². The van der Waals surface area contributed by atoms with Crippen molar-refractivity contribution >= 4 is 0 Å². The Morgan fingerprint density at radius 2 is 1.78 bits per heavy atom. The van der Waals surface area contributed by atoms with Crippen LogP contribution in [0.15, 0.2) is 48.5 Å². The average molecular weight is 368 g/mol. The summed E-state index contributed by atoms with van der Waals surface area (Å²) in [5.74, 6) is 1.99. The summed E-state index contributed by atoms with van der Waals surface area (Å²) in [6.07, 6.45) is 9.61. The van der Waals surface area contributed by atoms with Gasteiger partial charge < -0.3 is 14.8 Å². The van der Waals surface area contributed by atoms with Gasteiger partial charge in [-0.2, -0.15) is 0 Å². The van der Waals surface area contributed by atoms with Crippen LogP contribution in [0.3, 0.4) is 0 Å². The second-order valence-electron chi connectivity index (χ2n) is 7.45. The zero-order chi connectivity index (χ0) is 18.7. The van der Waals surface area contributed by atoms with E-state index >= 15 is 0 Å². The van der Waals surface area contributed by atoms with Crippen LogP contribution in [0.1, 0.15) is 49.7 Å². The maximum Gasteiger partial charge on any atom is 0.122 e. The molecule has 146 valence electrons. The number of piperidine rings is 1. The van der Waals surface area contributed by atoms with Crippen LogP contribution in [-0.4, -0.2) is 26.3 Å². The Bertz CT molecular complexity index is 662. The number of methoxy groups -OCH3 is 1. The maximum absolute atomic E-state index is 6.13. The molecular weight excluding hydrogens is 334 g/mol. The first-order chi connectivity index (χ1) is 13.3. The molecule has 1 aliphatic heterocycles. The molecule has 0 amide bonds. The lowest BCUT2D eigenvalue weighted by atomic mass is 10.0. The quantitative estimate of drug-likeness (QED) is 0.588. The lowest BCUT2D eigenvalue weighted by Crippen LogP contribution is -2.35. The molecule has 1 unspecified atom stereocenters. The van der Waals surface area contributed by atoms with Crippen LogP contribution < -0.4 is 14.8 Å². The summed E-state index contributed by atoms with van der Waals surface area (Å²) < 4.78 is 11.3. The molecule has 3 nitrogen and oxygen atoms in total. The second-order valence-corrected chi connectivity index (χ2v) is 7.45. The normalized spacial score (nSPS) is 16.9. The summed E-state index contributed by atoms with van der Waals surface area (Å²) in [4.78, 5) is 0. The van der Waals surface area contributed by atoms with Gasteiger partial charge in [-0.3, -0.25) is 0 Å². The minimum absolute atomic E-state index is 0.635. The van der Waals surface area contributed by atoms with Gasteiger partial charge in [-0.1, -0.05) is 36.8 Å². The number of hydrogen-bond acceptors (Lipinski definition) is 3. The van der Waals surface area contributed by atoms with E-state index in [0.717, 1.165) is 43.9 Å². The number of hydrogen-bond donors (Lipinski definition) is 1. The summed E-state index contributed by atoms with van der Waals surface area (Å²) >= 11 is 0. The fraction of sp³-hybridized carbons (Fsp3) is 0.500. The predicted molar refractivity (Wildman–Crippen MR) is 112 cm³/mol. The monoisotopic (exact) mass is 367 g/mol. The number of para-hydroxylation sites is 1. The zero-order valence-electron chi connectivity index (χ0n) is 16.6. The van der Waals surface area contributed by atoms with E-state index in [1.807, 2.05) is 12.1 Å². The van der Waals surface area contributed by atoms with Crippen LogP contribution in [0.25, 0.3) is 0 Å². The van der Waals surface area contributed by atoms with Gasteiger partial charge in [0.05, 0.1) is 13.7 Å². The molecular formula is C24H33NO2. The molecule has 1 fully saturated rings. The maximum atomic E-state index is 6.13. The van der Waals surface area contributed by atoms with E-state index in [4.69, 9.17) is 9.47 Å². The average Bonchev–Trinajstić information content (AvgIpc) is 2.73. The first-order valence-electron chi connectivity index (χ1n) is 10.4. The molecule has 2 aromatic carbocycles. The Morgan fingerprint density at radius 1 is 0.963 bits per heavy atom.